The average molecular weight is 518 g/mol. The van der Waals surface area contributed by atoms with Crippen LogP contribution in [-0.4, -0.2) is 24.1 Å². The zero-order valence-corrected chi connectivity index (χ0v) is 21.4. The van der Waals surface area contributed by atoms with Gasteiger partial charge >= 0.3 is 0 Å². The van der Waals surface area contributed by atoms with Gasteiger partial charge in [-0.1, -0.05) is 36.4 Å². The van der Waals surface area contributed by atoms with Crippen molar-refractivity contribution in [2.75, 3.05) is 0 Å². The summed E-state index contributed by atoms with van der Waals surface area (Å²) in [6, 6.07) is 33.9. The summed E-state index contributed by atoms with van der Waals surface area (Å²) in [6.45, 7) is 0. The molecule has 0 aliphatic carbocycles. The molecule has 9 rings (SSSR count). The third kappa shape index (κ3) is 2.76. The highest BCUT2D eigenvalue weighted by molar-refractivity contribution is 7.27. The van der Waals surface area contributed by atoms with E-state index in [1.165, 1.54) is 36.5 Å². The van der Waals surface area contributed by atoms with Crippen molar-refractivity contribution >= 4 is 75.4 Å². The highest BCUT2D eigenvalue weighted by atomic mass is 32.1. The summed E-state index contributed by atoms with van der Waals surface area (Å²) in [5, 5.41) is 4.86. The molecular formula is C33H19N5S. The van der Waals surface area contributed by atoms with Crippen molar-refractivity contribution in [3.05, 3.63) is 116 Å². The number of rotatable bonds is 2. The van der Waals surface area contributed by atoms with Gasteiger partial charge in [0.1, 0.15) is 5.82 Å². The van der Waals surface area contributed by atoms with E-state index in [1.807, 2.05) is 54.2 Å². The number of aromatic nitrogens is 5. The first kappa shape index (κ1) is 20.9. The highest BCUT2D eigenvalue weighted by Crippen LogP contribution is 2.46. The van der Waals surface area contributed by atoms with Gasteiger partial charge < -0.3 is 4.57 Å². The van der Waals surface area contributed by atoms with Crippen molar-refractivity contribution < 1.29 is 0 Å². The number of thiophene rings is 1. The van der Waals surface area contributed by atoms with E-state index in [4.69, 9.17) is 9.97 Å². The van der Waals surface area contributed by atoms with Gasteiger partial charge in [-0.05, 0) is 60.7 Å². The molecule has 0 fully saturated rings. The van der Waals surface area contributed by atoms with Crippen LogP contribution in [0.4, 0.5) is 0 Å². The van der Waals surface area contributed by atoms with E-state index in [2.05, 4.69) is 86.9 Å². The molecule has 0 unspecified atom stereocenters. The molecule has 182 valence electrons. The van der Waals surface area contributed by atoms with Crippen LogP contribution in [0.25, 0.3) is 75.6 Å². The molecule has 3 aromatic carbocycles. The van der Waals surface area contributed by atoms with E-state index in [1.54, 1.807) is 0 Å². The molecular weight excluding hydrogens is 498 g/mol. The number of nitrogens with zero attached hydrogens (tertiary/aromatic N) is 5. The minimum absolute atomic E-state index is 0.892. The van der Waals surface area contributed by atoms with Crippen LogP contribution in [0, 0.1) is 0 Å². The molecule has 0 spiro atoms. The zero-order chi connectivity index (χ0) is 25.5. The Balaban J connectivity index is 1.47. The van der Waals surface area contributed by atoms with Gasteiger partial charge in [-0.15, -0.1) is 11.3 Å². The molecule has 0 amide bonds. The Morgan fingerprint density at radius 1 is 0.462 bits per heavy atom. The van der Waals surface area contributed by atoms with Crippen molar-refractivity contribution in [1.29, 1.82) is 0 Å². The Hall–Kier alpha value is -5.07. The second kappa shape index (κ2) is 7.72. The normalized spacial score (nSPS) is 12.1. The number of para-hydroxylation sites is 1. The van der Waals surface area contributed by atoms with Crippen LogP contribution in [0.3, 0.4) is 0 Å². The Labute approximate surface area is 226 Å². The molecule has 0 N–H and O–H groups in total. The van der Waals surface area contributed by atoms with E-state index < -0.39 is 0 Å². The Kier molecular flexibility index (Phi) is 4.14. The van der Waals surface area contributed by atoms with Gasteiger partial charge in [0.2, 0.25) is 0 Å². The van der Waals surface area contributed by atoms with E-state index >= 15 is 0 Å². The SMILES string of the molecule is c1ccc(-n2c3cccnc3c3c4sc5c(ccc6c5c5ncccc5n6-c5ccccn5)c4ccc32)cc1. The lowest BCUT2D eigenvalue weighted by Gasteiger charge is -2.07. The Morgan fingerprint density at radius 3 is 1.69 bits per heavy atom. The van der Waals surface area contributed by atoms with Crippen LogP contribution < -0.4 is 0 Å². The molecule has 0 atom stereocenters. The quantitative estimate of drug-likeness (QED) is 0.231. The van der Waals surface area contributed by atoms with Crippen LogP contribution in [0.2, 0.25) is 0 Å². The summed E-state index contributed by atoms with van der Waals surface area (Å²) in [5.41, 5.74) is 7.61. The van der Waals surface area contributed by atoms with Crippen molar-refractivity contribution in [3.63, 3.8) is 0 Å². The van der Waals surface area contributed by atoms with Crippen LogP contribution in [0.5, 0.6) is 0 Å². The van der Waals surface area contributed by atoms with Gasteiger partial charge in [-0.2, -0.15) is 0 Å². The molecule has 0 radical (unpaired) electrons. The van der Waals surface area contributed by atoms with E-state index in [0.29, 0.717) is 0 Å². The van der Waals surface area contributed by atoms with Gasteiger partial charge in [-0.3, -0.25) is 14.5 Å². The van der Waals surface area contributed by atoms with Gasteiger partial charge in [0.25, 0.3) is 0 Å². The van der Waals surface area contributed by atoms with Gasteiger partial charge in [-0.25, -0.2) is 4.98 Å². The van der Waals surface area contributed by atoms with E-state index in [9.17, 15) is 0 Å². The fourth-order valence-corrected chi connectivity index (χ4v) is 7.49. The topological polar surface area (TPSA) is 48.5 Å². The maximum Gasteiger partial charge on any atom is 0.137 e. The number of pyridine rings is 3. The first-order valence-corrected chi connectivity index (χ1v) is 13.7. The molecule has 5 nitrogen and oxygen atoms in total. The Bertz CT molecular complexity index is 2210. The van der Waals surface area contributed by atoms with Gasteiger partial charge in [0.05, 0.1) is 33.1 Å². The second-order valence-corrected chi connectivity index (χ2v) is 10.7. The number of benzene rings is 3. The maximum absolute atomic E-state index is 4.89. The monoisotopic (exact) mass is 517 g/mol. The zero-order valence-electron chi connectivity index (χ0n) is 20.6. The van der Waals surface area contributed by atoms with Gasteiger partial charge in [0.15, 0.2) is 0 Å². The summed E-state index contributed by atoms with van der Waals surface area (Å²) in [5.74, 6) is 0.892. The Morgan fingerprint density at radius 2 is 1.05 bits per heavy atom. The molecule has 6 heteroatoms. The van der Waals surface area contributed by atoms with Crippen LogP contribution >= 0.6 is 11.3 Å². The lowest BCUT2D eigenvalue weighted by molar-refractivity contribution is 1.08. The lowest BCUT2D eigenvalue weighted by Crippen LogP contribution is -1.96. The summed E-state index contributed by atoms with van der Waals surface area (Å²) < 4.78 is 7.04. The number of fused-ring (bicyclic) bond motifs is 11. The van der Waals surface area contributed by atoms with Crippen LogP contribution in [0.15, 0.2) is 116 Å². The molecule has 39 heavy (non-hydrogen) atoms. The maximum atomic E-state index is 4.89. The van der Waals surface area contributed by atoms with Crippen molar-refractivity contribution in [2.45, 2.75) is 0 Å². The number of hydrogen-bond acceptors (Lipinski definition) is 4. The molecule has 0 aliphatic heterocycles. The summed E-state index contributed by atoms with van der Waals surface area (Å²) in [6.07, 6.45) is 5.62. The van der Waals surface area contributed by atoms with Crippen molar-refractivity contribution in [3.8, 4) is 11.5 Å². The summed E-state index contributed by atoms with van der Waals surface area (Å²) >= 11 is 1.84. The predicted octanol–water partition coefficient (Wildman–Crippen LogP) is 8.43. The third-order valence-electron chi connectivity index (χ3n) is 7.67. The third-order valence-corrected chi connectivity index (χ3v) is 8.92. The summed E-state index contributed by atoms with van der Waals surface area (Å²) in [7, 11) is 0. The first-order chi connectivity index (χ1) is 19.4. The molecule has 0 saturated carbocycles. The fourth-order valence-electron chi connectivity index (χ4n) is 6.10. The van der Waals surface area contributed by atoms with Crippen LogP contribution in [0.1, 0.15) is 0 Å². The molecule has 9 aromatic rings. The molecule has 0 aliphatic rings. The minimum atomic E-state index is 0.892. The number of hydrogen-bond donors (Lipinski definition) is 0. The molecule has 6 heterocycles. The molecule has 0 saturated heterocycles. The van der Waals surface area contributed by atoms with Crippen molar-refractivity contribution in [2.24, 2.45) is 0 Å². The molecule has 0 bridgehead atoms. The van der Waals surface area contributed by atoms with E-state index in [-0.39, 0.29) is 0 Å². The van der Waals surface area contributed by atoms with E-state index in [0.717, 1.165) is 39.1 Å². The standard InChI is InChI=1S/C33H19N5S/c1-2-8-20(9-3-1)37-23-15-13-21-22-14-16-24-29(33(22)39-32(21)28(23)30-25(37)10-6-18-35-30)31-26(11-7-19-36-31)38(24)27-12-4-5-17-34-27/h1-19H. The summed E-state index contributed by atoms with van der Waals surface area (Å²) in [4.78, 5) is 14.4. The van der Waals surface area contributed by atoms with Gasteiger partial charge in [0, 0.05) is 55.2 Å². The highest BCUT2D eigenvalue weighted by Gasteiger charge is 2.22. The smallest absolute Gasteiger partial charge is 0.137 e. The predicted molar refractivity (Wildman–Crippen MR) is 161 cm³/mol. The fraction of sp³-hybridized carbons (Fsp3) is 0. The lowest BCUT2D eigenvalue weighted by atomic mass is 10.1. The largest absolute Gasteiger partial charge is 0.308 e. The first-order valence-electron chi connectivity index (χ1n) is 12.9. The average Bonchev–Trinajstić information content (AvgIpc) is 3.65. The second-order valence-electron chi connectivity index (χ2n) is 9.71. The molecule has 6 aromatic heterocycles. The van der Waals surface area contributed by atoms with Crippen molar-refractivity contribution in [1.82, 2.24) is 24.1 Å². The van der Waals surface area contributed by atoms with Crippen LogP contribution in [-0.2, 0) is 0 Å². The minimum Gasteiger partial charge on any atom is -0.308 e.